The summed E-state index contributed by atoms with van der Waals surface area (Å²) in [5, 5.41) is 16.0. The van der Waals surface area contributed by atoms with E-state index in [0.29, 0.717) is 11.1 Å². The second-order valence-electron chi connectivity index (χ2n) is 10.5. The van der Waals surface area contributed by atoms with Gasteiger partial charge in [-0.1, -0.05) is 55.2 Å². The molecule has 1 unspecified atom stereocenters. The van der Waals surface area contributed by atoms with Crippen LogP contribution in [-0.4, -0.2) is 27.5 Å². The quantitative estimate of drug-likeness (QED) is 0.222. The van der Waals surface area contributed by atoms with E-state index in [9.17, 15) is 9.90 Å². The van der Waals surface area contributed by atoms with Crippen molar-refractivity contribution >= 4 is 22.4 Å². The summed E-state index contributed by atoms with van der Waals surface area (Å²) in [6, 6.07) is 16.0. The van der Waals surface area contributed by atoms with E-state index in [1.807, 2.05) is 44.3 Å². The molecule has 2 heterocycles. The van der Waals surface area contributed by atoms with E-state index in [0.717, 1.165) is 39.0 Å². The van der Waals surface area contributed by atoms with Crippen LogP contribution in [0.1, 0.15) is 71.8 Å². The molecule has 0 spiro atoms. The second kappa shape index (κ2) is 8.69. The van der Waals surface area contributed by atoms with Crippen LogP contribution in [0.15, 0.2) is 54.7 Å². The molecule has 0 saturated carbocycles. The van der Waals surface area contributed by atoms with Gasteiger partial charge in [0.05, 0.1) is 17.2 Å². The number of H-pyrrole nitrogens is 1. The third-order valence-electron chi connectivity index (χ3n) is 7.52. The average Bonchev–Trinajstić information content (AvgIpc) is 3.23. The Kier molecular flexibility index (Phi) is 5.77. The first-order chi connectivity index (χ1) is 17.1. The molecule has 0 aliphatic carbocycles. The predicted octanol–water partition coefficient (Wildman–Crippen LogP) is 6.72. The fourth-order valence-electron chi connectivity index (χ4n) is 5.54. The molecule has 182 valence electrons. The van der Waals surface area contributed by atoms with E-state index in [2.05, 4.69) is 67.2 Å². The molecular formula is C32H32N2O2. The molecule has 0 radical (unpaired) electrons. The number of benzene rings is 3. The number of aliphatic hydroxyl groups excluding tert-OH is 1. The van der Waals surface area contributed by atoms with Crippen molar-refractivity contribution in [2.75, 3.05) is 5.32 Å². The number of carbonyl (C=O) groups excluding carboxylic acids is 1. The van der Waals surface area contributed by atoms with Crippen LogP contribution in [0.5, 0.6) is 0 Å². The molecule has 1 aromatic heterocycles. The van der Waals surface area contributed by atoms with Crippen LogP contribution in [0.2, 0.25) is 0 Å². The summed E-state index contributed by atoms with van der Waals surface area (Å²) in [6.45, 7) is 11.9. The fourth-order valence-corrected chi connectivity index (χ4v) is 5.54. The van der Waals surface area contributed by atoms with Gasteiger partial charge in [-0.2, -0.15) is 0 Å². The normalized spacial score (nSPS) is 18.2. The maximum absolute atomic E-state index is 12.2. The SMILES string of the molecule is CC(=O)c1ccccc1C#Cc1c(-c2cccc3c(C)c[nH]c23)cc(C)c2c1[C@H](C)C(O)C(C)(C)N2. The van der Waals surface area contributed by atoms with E-state index in [-0.39, 0.29) is 11.7 Å². The molecule has 4 nitrogen and oxygen atoms in total. The van der Waals surface area contributed by atoms with Gasteiger partial charge < -0.3 is 15.4 Å². The molecule has 0 bridgehead atoms. The average molecular weight is 477 g/mol. The zero-order valence-corrected chi connectivity index (χ0v) is 21.7. The minimum Gasteiger partial charge on any atom is -0.390 e. The van der Waals surface area contributed by atoms with Gasteiger partial charge in [-0.15, -0.1) is 0 Å². The number of aliphatic hydroxyl groups is 1. The highest BCUT2D eigenvalue weighted by atomic mass is 16.3. The monoisotopic (exact) mass is 476 g/mol. The Balaban J connectivity index is 1.84. The van der Waals surface area contributed by atoms with Crippen LogP contribution < -0.4 is 5.32 Å². The second-order valence-corrected chi connectivity index (χ2v) is 10.5. The standard InChI is InChI=1S/C32H32N2O2/c1-18-16-27(26-13-9-12-23-19(2)17-33-30(23)26)25(15-14-22-10-7-8-11-24(22)21(4)35)28-20(3)31(36)32(5,6)34-29(18)28/h7-13,16-17,20,31,33-34,36H,1-6H3/t20-,31?/m0/s1. The van der Waals surface area contributed by atoms with E-state index in [1.165, 1.54) is 10.9 Å². The highest BCUT2D eigenvalue weighted by Gasteiger charge is 2.40. The molecule has 36 heavy (non-hydrogen) atoms. The Morgan fingerprint density at radius 1 is 1.00 bits per heavy atom. The zero-order chi connectivity index (χ0) is 25.8. The molecule has 2 atom stereocenters. The van der Waals surface area contributed by atoms with Gasteiger partial charge in [-0.25, -0.2) is 0 Å². The van der Waals surface area contributed by atoms with Gasteiger partial charge in [0.15, 0.2) is 5.78 Å². The lowest BCUT2D eigenvalue weighted by Crippen LogP contribution is -2.50. The summed E-state index contributed by atoms with van der Waals surface area (Å²) < 4.78 is 0. The van der Waals surface area contributed by atoms with Crippen molar-refractivity contribution in [1.29, 1.82) is 0 Å². The summed E-state index contributed by atoms with van der Waals surface area (Å²) in [5.41, 5.74) is 9.24. The Morgan fingerprint density at radius 3 is 2.50 bits per heavy atom. The molecule has 1 aliphatic heterocycles. The lowest BCUT2D eigenvalue weighted by atomic mass is 9.75. The third-order valence-corrected chi connectivity index (χ3v) is 7.52. The fraction of sp³-hybridized carbons (Fsp3) is 0.281. The largest absolute Gasteiger partial charge is 0.390 e. The van der Waals surface area contributed by atoms with E-state index in [4.69, 9.17) is 0 Å². The van der Waals surface area contributed by atoms with Gasteiger partial charge in [-0.3, -0.25) is 4.79 Å². The van der Waals surface area contributed by atoms with Gasteiger partial charge in [-0.05, 0) is 63.4 Å². The van der Waals surface area contributed by atoms with Crippen molar-refractivity contribution in [3.8, 4) is 23.0 Å². The van der Waals surface area contributed by atoms with Gasteiger partial charge in [0.1, 0.15) is 0 Å². The number of ketones is 1. The number of hydrogen-bond acceptors (Lipinski definition) is 3. The number of aryl methyl sites for hydroxylation is 2. The van der Waals surface area contributed by atoms with Crippen LogP contribution in [0, 0.1) is 25.7 Å². The van der Waals surface area contributed by atoms with Crippen molar-refractivity contribution < 1.29 is 9.90 Å². The number of hydrogen-bond donors (Lipinski definition) is 3. The third kappa shape index (κ3) is 3.81. The number of carbonyl (C=O) groups is 1. The van der Waals surface area contributed by atoms with E-state index >= 15 is 0 Å². The number of Topliss-reactive ketones (excluding diaryl/α,β-unsaturated/α-hetero) is 1. The van der Waals surface area contributed by atoms with E-state index < -0.39 is 11.6 Å². The van der Waals surface area contributed by atoms with Crippen molar-refractivity contribution in [2.45, 2.75) is 59.1 Å². The van der Waals surface area contributed by atoms with Crippen LogP contribution in [0.3, 0.4) is 0 Å². The lowest BCUT2D eigenvalue weighted by molar-refractivity contribution is 0.0868. The molecule has 0 amide bonds. The Bertz CT molecular complexity index is 1580. The molecule has 0 fully saturated rings. The number of rotatable bonds is 2. The zero-order valence-electron chi connectivity index (χ0n) is 21.7. The van der Waals surface area contributed by atoms with Crippen LogP contribution in [-0.2, 0) is 0 Å². The summed E-state index contributed by atoms with van der Waals surface area (Å²) in [7, 11) is 0. The minimum atomic E-state index is -0.590. The number of aromatic nitrogens is 1. The lowest BCUT2D eigenvalue weighted by Gasteiger charge is -2.43. The number of aromatic amines is 1. The topological polar surface area (TPSA) is 65.1 Å². The number of para-hydroxylation sites is 1. The summed E-state index contributed by atoms with van der Waals surface area (Å²) in [4.78, 5) is 15.7. The minimum absolute atomic E-state index is 0.00936. The predicted molar refractivity (Wildman–Crippen MR) is 148 cm³/mol. The van der Waals surface area contributed by atoms with Crippen molar-refractivity contribution in [2.24, 2.45) is 0 Å². The Labute approximate surface area is 212 Å². The number of fused-ring (bicyclic) bond motifs is 2. The maximum Gasteiger partial charge on any atom is 0.161 e. The number of nitrogens with one attached hydrogen (secondary N) is 2. The smallest absolute Gasteiger partial charge is 0.161 e. The summed E-state index contributed by atoms with van der Waals surface area (Å²) in [6.07, 6.45) is 1.44. The van der Waals surface area contributed by atoms with Crippen LogP contribution >= 0.6 is 0 Å². The van der Waals surface area contributed by atoms with Crippen molar-refractivity contribution in [3.63, 3.8) is 0 Å². The highest BCUT2D eigenvalue weighted by molar-refractivity contribution is 5.99. The summed E-state index contributed by atoms with van der Waals surface area (Å²) in [5.74, 6) is 6.63. The Hall–Kier alpha value is -3.81. The first-order valence-electron chi connectivity index (χ1n) is 12.4. The highest BCUT2D eigenvalue weighted by Crippen LogP contribution is 2.46. The number of anilines is 1. The van der Waals surface area contributed by atoms with Crippen LogP contribution in [0.4, 0.5) is 5.69 Å². The molecule has 3 N–H and O–H groups in total. The molecule has 4 aromatic rings. The van der Waals surface area contributed by atoms with Crippen molar-refractivity contribution in [1.82, 2.24) is 4.98 Å². The molecule has 0 saturated heterocycles. The molecule has 1 aliphatic rings. The Morgan fingerprint density at radius 2 is 1.75 bits per heavy atom. The van der Waals surface area contributed by atoms with Crippen molar-refractivity contribution in [3.05, 3.63) is 88.1 Å². The van der Waals surface area contributed by atoms with Crippen LogP contribution in [0.25, 0.3) is 22.0 Å². The molecule has 5 rings (SSSR count). The first-order valence-corrected chi connectivity index (χ1v) is 12.4. The first kappa shape index (κ1) is 23.9. The maximum atomic E-state index is 12.2. The van der Waals surface area contributed by atoms with E-state index in [1.54, 1.807) is 6.92 Å². The van der Waals surface area contributed by atoms with Gasteiger partial charge in [0.25, 0.3) is 0 Å². The van der Waals surface area contributed by atoms with Gasteiger partial charge in [0.2, 0.25) is 0 Å². The van der Waals surface area contributed by atoms with Gasteiger partial charge >= 0.3 is 0 Å². The van der Waals surface area contributed by atoms with Gasteiger partial charge in [0, 0.05) is 51.0 Å². The molecule has 4 heteroatoms. The summed E-state index contributed by atoms with van der Waals surface area (Å²) >= 11 is 0. The molecule has 3 aromatic carbocycles. The molecular weight excluding hydrogens is 444 g/mol.